The van der Waals surface area contributed by atoms with E-state index in [1.165, 1.54) is 28.4 Å². The van der Waals surface area contributed by atoms with Crippen molar-refractivity contribution in [3.05, 3.63) is 41.0 Å². The van der Waals surface area contributed by atoms with Gasteiger partial charge in [0.15, 0.2) is 35.6 Å². The van der Waals surface area contributed by atoms with Crippen molar-refractivity contribution < 1.29 is 75.8 Å². The van der Waals surface area contributed by atoms with Crippen molar-refractivity contribution in [3.8, 4) is 28.7 Å². The fraction of sp³-hybridized carbons (Fsp3) is 0.581. The number of carbonyl (C=O) groups excluding carboxylic acids is 1. The second-order valence-corrected chi connectivity index (χ2v) is 13.7. The Bertz CT molecular complexity index is 1570. The molecule has 17 heteroatoms. The minimum atomic E-state index is -4.02. The van der Waals surface area contributed by atoms with Crippen molar-refractivity contribution in [2.45, 2.75) is 55.9 Å². The van der Waals surface area contributed by atoms with Crippen LogP contribution in [0, 0.1) is 11.8 Å². The average molecular weight is 697 g/mol. The molecule has 1 aliphatic carbocycles. The maximum absolute atomic E-state index is 13.6. The zero-order chi connectivity index (χ0) is 33.9. The Kier molecular flexibility index (Phi) is 8.98. The summed E-state index contributed by atoms with van der Waals surface area (Å²) in [5.41, 5.74) is 1.84. The second kappa shape index (κ2) is 12.9. The van der Waals surface area contributed by atoms with Crippen LogP contribution in [0.4, 0.5) is 0 Å². The first-order valence-corrected chi connectivity index (χ1v) is 16.8. The van der Waals surface area contributed by atoms with Gasteiger partial charge in [-0.25, -0.2) is 4.57 Å². The standard InChI is InChI=1S/C31H37O16P/c1-13-40-11-22-29(44-13)25(32)26(33)31(45-22)46-27-16-9-19-18(42-12-43-19)8-15(16)23(24-17(27)10-41-30(24)34)14-6-20(36-2)28(21(7-14)37-3)47-48(35,38-4)39-5/h6-9,13,17,22-27,29,31-33H,10-12H2,1-5H3/t13?,17-,22?,23?,24-,25?,26?,27+,29?,31?/m0/s1. The summed E-state index contributed by atoms with van der Waals surface area (Å²) in [5.74, 6) is -1.34. The van der Waals surface area contributed by atoms with Gasteiger partial charge in [-0.2, -0.15) is 0 Å². The van der Waals surface area contributed by atoms with E-state index in [-0.39, 0.29) is 37.3 Å². The number of hydrogen-bond acceptors (Lipinski definition) is 16. The van der Waals surface area contributed by atoms with E-state index in [0.29, 0.717) is 28.2 Å². The number of phosphoric acid groups is 1. The van der Waals surface area contributed by atoms with Crippen LogP contribution in [-0.2, 0) is 42.1 Å². The van der Waals surface area contributed by atoms with E-state index in [0.717, 1.165) is 0 Å². The Morgan fingerprint density at radius 1 is 0.854 bits per heavy atom. The zero-order valence-corrected chi connectivity index (χ0v) is 27.7. The lowest BCUT2D eigenvalue weighted by Gasteiger charge is -2.47. The number of cyclic esters (lactones) is 1. The van der Waals surface area contributed by atoms with Crippen molar-refractivity contribution in [1.29, 1.82) is 0 Å². The molecule has 0 radical (unpaired) electrons. The topological polar surface area (TPSA) is 185 Å². The number of aliphatic hydroxyl groups is 2. The summed E-state index contributed by atoms with van der Waals surface area (Å²) in [6, 6.07) is 6.84. The number of rotatable bonds is 9. The number of methoxy groups -OCH3 is 2. The molecule has 2 aromatic carbocycles. The van der Waals surface area contributed by atoms with Gasteiger partial charge in [-0.15, -0.1) is 0 Å². The summed E-state index contributed by atoms with van der Waals surface area (Å²) in [4.78, 5) is 13.6. The van der Waals surface area contributed by atoms with Crippen LogP contribution in [0.25, 0.3) is 0 Å². The predicted octanol–water partition coefficient (Wildman–Crippen LogP) is 2.41. The molecule has 4 aliphatic heterocycles. The fourth-order valence-corrected chi connectivity index (χ4v) is 7.77. The molecule has 3 saturated heterocycles. The van der Waals surface area contributed by atoms with Crippen LogP contribution < -0.4 is 23.5 Å². The number of carbonyl (C=O) groups is 1. The predicted molar refractivity (Wildman–Crippen MR) is 159 cm³/mol. The highest BCUT2D eigenvalue weighted by atomic mass is 31.2. The summed E-state index contributed by atoms with van der Waals surface area (Å²) in [7, 11) is 1.14. The molecule has 0 bridgehead atoms. The van der Waals surface area contributed by atoms with Crippen LogP contribution in [0.15, 0.2) is 24.3 Å². The average Bonchev–Trinajstić information content (AvgIpc) is 3.72. The molecule has 0 aromatic heterocycles. The van der Waals surface area contributed by atoms with E-state index in [9.17, 15) is 19.6 Å². The molecule has 16 nitrogen and oxygen atoms in total. The third kappa shape index (κ3) is 5.58. The van der Waals surface area contributed by atoms with Crippen molar-refractivity contribution in [2.75, 3.05) is 48.4 Å². The summed E-state index contributed by atoms with van der Waals surface area (Å²) in [6.45, 7) is 1.81. The second-order valence-electron chi connectivity index (χ2n) is 11.9. The van der Waals surface area contributed by atoms with Gasteiger partial charge in [0.05, 0.1) is 39.5 Å². The number of esters is 1. The number of aliphatic hydroxyl groups excluding tert-OH is 2. The molecule has 10 atom stereocenters. The third-order valence-corrected chi connectivity index (χ3v) is 10.7. The molecular weight excluding hydrogens is 659 g/mol. The van der Waals surface area contributed by atoms with Gasteiger partial charge in [0, 0.05) is 26.1 Å². The lowest BCUT2D eigenvalue weighted by Crippen LogP contribution is -2.63. The van der Waals surface area contributed by atoms with Crippen LogP contribution in [-0.4, -0.2) is 102 Å². The third-order valence-electron chi connectivity index (χ3n) is 9.38. The highest BCUT2D eigenvalue weighted by molar-refractivity contribution is 7.48. The fourth-order valence-electron chi connectivity index (χ4n) is 7.07. The molecule has 2 N–H and O–H groups in total. The van der Waals surface area contributed by atoms with E-state index in [2.05, 4.69) is 0 Å². The smallest absolute Gasteiger partial charge is 0.493 e. The molecule has 7 unspecified atom stereocenters. The number of phosphoric ester groups is 1. The van der Waals surface area contributed by atoms with E-state index in [1.54, 1.807) is 31.2 Å². The Balaban J connectivity index is 1.31. The Hall–Kier alpha value is -3.18. The van der Waals surface area contributed by atoms with Gasteiger partial charge in [0.25, 0.3) is 0 Å². The monoisotopic (exact) mass is 696 g/mol. The molecule has 48 heavy (non-hydrogen) atoms. The Labute approximate surface area is 275 Å². The molecular formula is C31H37O16P. The molecule has 0 saturated carbocycles. The van der Waals surface area contributed by atoms with Gasteiger partial charge in [-0.05, 0) is 47.9 Å². The van der Waals surface area contributed by atoms with Gasteiger partial charge >= 0.3 is 13.8 Å². The highest BCUT2D eigenvalue weighted by Gasteiger charge is 2.56. The molecule has 2 aromatic rings. The first-order valence-electron chi connectivity index (χ1n) is 15.3. The first-order chi connectivity index (χ1) is 23.1. The van der Waals surface area contributed by atoms with Gasteiger partial charge in [0.1, 0.15) is 24.4 Å². The summed E-state index contributed by atoms with van der Waals surface area (Å²) < 4.78 is 80.7. The molecule has 0 amide bonds. The maximum atomic E-state index is 13.6. The number of benzene rings is 2. The summed E-state index contributed by atoms with van der Waals surface area (Å²) in [5, 5.41) is 22.1. The van der Waals surface area contributed by atoms with Gasteiger partial charge in [-0.3, -0.25) is 13.8 Å². The van der Waals surface area contributed by atoms with Crippen molar-refractivity contribution in [1.82, 2.24) is 0 Å². The summed E-state index contributed by atoms with van der Waals surface area (Å²) in [6.07, 6.45) is -7.05. The van der Waals surface area contributed by atoms with Crippen LogP contribution in [0.3, 0.4) is 0 Å². The maximum Gasteiger partial charge on any atom is 0.529 e. The summed E-state index contributed by atoms with van der Waals surface area (Å²) >= 11 is 0. The van der Waals surface area contributed by atoms with E-state index >= 15 is 0 Å². The number of ether oxygens (including phenoxy) is 9. The van der Waals surface area contributed by atoms with Crippen LogP contribution in [0.1, 0.15) is 35.6 Å². The normalized spacial score (nSPS) is 33.7. The first kappa shape index (κ1) is 33.3. The van der Waals surface area contributed by atoms with E-state index < -0.39 is 74.6 Å². The zero-order valence-electron chi connectivity index (χ0n) is 26.8. The molecule has 5 aliphatic rings. The lowest BCUT2D eigenvalue weighted by atomic mass is 9.66. The van der Waals surface area contributed by atoms with Crippen LogP contribution in [0.2, 0.25) is 0 Å². The highest BCUT2D eigenvalue weighted by Crippen LogP contribution is 2.58. The molecule has 3 fully saturated rings. The van der Waals surface area contributed by atoms with Crippen LogP contribution in [0.5, 0.6) is 28.7 Å². The van der Waals surface area contributed by atoms with Crippen LogP contribution >= 0.6 is 7.82 Å². The van der Waals surface area contributed by atoms with Gasteiger partial charge in [0.2, 0.25) is 12.5 Å². The SMILES string of the molecule is COc1cc(C2c3cc4c(cc3[C@@H](OC3OC5COC(C)OC5C(O)C3O)[C@H]3COC(=O)[C@H]23)OCO4)cc(OC)c1OP(=O)(OC)OC. The van der Waals surface area contributed by atoms with Crippen molar-refractivity contribution >= 4 is 13.8 Å². The minimum Gasteiger partial charge on any atom is -0.493 e. The molecule has 7 rings (SSSR count). The lowest BCUT2D eigenvalue weighted by molar-refractivity contribution is -0.364. The van der Waals surface area contributed by atoms with E-state index in [4.69, 9.17) is 56.2 Å². The molecule has 4 heterocycles. The van der Waals surface area contributed by atoms with Gasteiger partial charge < -0.3 is 57.4 Å². The van der Waals surface area contributed by atoms with E-state index in [1.807, 2.05) is 0 Å². The minimum absolute atomic E-state index is 0.0000317. The molecule has 0 spiro atoms. The number of hydrogen-bond donors (Lipinski definition) is 2. The Morgan fingerprint density at radius 2 is 1.52 bits per heavy atom. The van der Waals surface area contributed by atoms with Crippen molar-refractivity contribution in [3.63, 3.8) is 0 Å². The van der Waals surface area contributed by atoms with Gasteiger partial charge in [-0.1, -0.05) is 0 Å². The largest absolute Gasteiger partial charge is 0.529 e. The Morgan fingerprint density at radius 3 is 2.17 bits per heavy atom. The quantitative estimate of drug-likeness (QED) is 0.287. The van der Waals surface area contributed by atoms with Crippen molar-refractivity contribution in [2.24, 2.45) is 11.8 Å². The number of fused-ring (bicyclic) bond motifs is 4. The molecule has 262 valence electrons.